The average Bonchev–Trinajstić information content (AvgIpc) is 2.70. The highest BCUT2D eigenvalue weighted by Gasteiger charge is 2.10. The fourth-order valence-electron chi connectivity index (χ4n) is 3.10. The molecular weight excluding hydrogens is 302 g/mol. The van der Waals surface area contributed by atoms with Crippen molar-refractivity contribution in [1.82, 2.24) is 4.98 Å². The van der Waals surface area contributed by atoms with Gasteiger partial charge in [-0.3, -0.25) is 4.98 Å². The summed E-state index contributed by atoms with van der Waals surface area (Å²) in [6.07, 6.45) is 2.85. The van der Waals surface area contributed by atoms with Crippen LogP contribution in [0.2, 0.25) is 0 Å². The van der Waals surface area contributed by atoms with Crippen molar-refractivity contribution >= 4 is 0 Å². The van der Waals surface area contributed by atoms with Gasteiger partial charge in [0.15, 0.2) is 0 Å². The van der Waals surface area contributed by atoms with Crippen LogP contribution in [-0.4, -0.2) is 4.98 Å². The molecule has 0 amide bonds. The summed E-state index contributed by atoms with van der Waals surface area (Å²) in [7, 11) is 0. The van der Waals surface area contributed by atoms with Crippen LogP contribution in [0.4, 0.5) is 0 Å². The first-order valence-electron chi connectivity index (χ1n) is 8.54. The predicted octanol–water partition coefficient (Wildman–Crippen LogP) is 6.01. The minimum atomic E-state index is 0.843. The molecule has 1 heteroatoms. The first-order valence-corrected chi connectivity index (χ1v) is 8.54. The van der Waals surface area contributed by atoms with Gasteiger partial charge in [0.05, 0.1) is 0 Å². The number of rotatable bonds is 4. The summed E-state index contributed by atoms with van der Waals surface area (Å²) in [5.41, 5.74) is 7.18. The minimum absolute atomic E-state index is 0.843. The van der Waals surface area contributed by atoms with Gasteiger partial charge in [0.25, 0.3) is 0 Å². The van der Waals surface area contributed by atoms with Crippen LogP contribution in [0.1, 0.15) is 11.3 Å². The van der Waals surface area contributed by atoms with Crippen LogP contribution in [0.25, 0.3) is 22.3 Å². The summed E-state index contributed by atoms with van der Waals surface area (Å²) in [4.78, 5) is 4.74. The van der Waals surface area contributed by atoms with E-state index in [9.17, 15) is 0 Å². The van der Waals surface area contributed by atoms with Gasteiger partial charge in [0.2, 0.25) is 0 Å². The Balaban J connectivity index is 1.80. The van der Waals surface area contributed by atoms with E-state index in [0.717, 1.165) is 12.1 Å². The smallest absolute Gasteiger partial charge is 0.0454 e. The van der Waals surface area contributed by atoms with Gasteiger partial charge in [-0.1, -0.05) is 91.0 Å². The second kappa shape index (κ2) is 7.14. The maximum absolute atomic E-state index is 4.74. The first kappa shape index (κ1) is 15.3. The lowest BCUT2D eigenvalue weighted by molar-refractivity contribution is 1.08. The molecule has 0 atom stereocenters. The van der Waals surface area contributed by atoms with Crippen LogP contribution in [-0.2, 0) is 6.42 Å². The first-order chi connectivity index (χ1) is 12.4. The Kier molecular flexibility index (Phi) is 4.38. The van der Waals surface area contributed by atoms with Crippen molar-refractivity contribution in [3.63, 3.8) is 0 Å². The molecule has 1 aromatic heterocycles. The number of hydrogen-bond donors (Lipinski definition) is 0. The molecule has 1 heterocycles. The Morgan fingerprint density at radius 3 is 1.68 bits per heavy atom. The third kappa shape index (κ3) is 3.51. The molecule has 0 aliphatic heterocycles. The fraction of sp³-hybridized carbons (Fsp3) is 0.0417. The standard InChI is InChI=1S/C24H19N/c1-4-10-19(11-5-1)16-22-17-23(20-12-6-2-7-13-20)24(18-25-22)21-14-8-3-9-15-21/h1-15,17-18H,16H2. The van der Waals surface area contributed by atoms with E-state index in [0.29, 0.717) is 0 Å². The lowest BCUT2D eigenvalue weighted by Gasteiger charge is -2.12. The molecule has 0 saturated carbocycles. The molecule has 0 spiro atoms. The van der Waals surface area contributed by atoms with E-state index in [4.69, 9.17) is 4.98 Å². The Hall–Kier alpha value is -3.19. The Morgan fingerprint density at radius 2 is 1.08 bits per heavy atom. The van der Waals surface area contributed by atoms with Crippen molar-refractivity contribution in [1.29, 1.82) is 0 Å². The summed E-state index contributed by atoms with van der Waals surface area (Å²) in [6.45, 7) is 0. The van der Waals surface area contributed by atoms with Gasteiger partial charge in [-0.25, -0.2) is 0 Å². The molecule has 0 N–H and O–H groups in total. The van der Waals surface area contributed by atoms with Gasteiger partial charge in [0.1, 0.15) is 0 Å². The van der Waals surface area contributed by atoms with Crippen molar-refractivity contribution in [2.24, 2.45) is 0 Å². The van der Waals surface area contributed by atoms with Crippen molar-refractivity contribution in [3.8, 4) is 22.3 Å². The summed E-state index contributed by atoms with van der Waals surface area (Å²) < 4.78 is 0. The maximum Gasteiger partial charge on any atom is 0.0454 e. The number of benzene rings is 3. The SMILES string of the molecule is c1ccc(Cc2cc(-c3ccccc3)c(-c3ccccc3)cn2)cc1. The molecule has 0 saturated heterocycles. The molecule has 25 heavy (non-hydrogen) atoms. The highest BCUT2D eigenvalue weighted by Crippen LogP contribution is 2.32. The Morgan fingerprint density at radius 1 is 0.560 bits per heavy atom. The maximum atomic E-state index is 4.74. The quantitative estimate of drug-likeness (QED) is 0.449. The third-order valence-electron chi connectivity index (χ3n) is 4.36. The van der Waals surface area contributed by atoms with E-state index in [1.54, 1.807) is 0 Å². The van der Waals surface area contributed by atoms with Crippen LogP contribution in [0, 0.1) is 0 Å². The molecule has 0 bridgehead atoms. The van der Waals surface area contributed by atoms with E-state index >= 15 is 0 Å². The lowest BCUT2D eigenvalue weighted by atomic mass is 9.95. The summed E-state index contributed by atoms with van der Waals surface area (Å²) in [5.74, 6) is 0. The van der Waals surface area contributed by atoms with Crippen molar-refractivity contribution in [2.75, 3.05) is 0 Å². The molecule has 0 radical (unpaired) electrons. The largest absolute Gasteiger partial charge is 0.260 e. The van der Waals surface area contributed by atoms with Gasteiger partial charge in [-0.15, -0.1) is 0 Å². The zero-order valence-corrected chi connectivity index (χ0v) is 14.0. The van der Waals surface area contributed by atoms with Crippen molar-refractivity contribution in [3.05, 3.63) is 115 Å². The third-order valence-corrected chi connectivity index (χ3v) is 4.36. The van der Waals surface area contributed by atoms with E-state index in [-0.39, 0.29) is 0 Å². The highest BCUT2D eigenvalue weighted by atomic mass is 14.7. The van der Waals surface area contributed by atoms with Gasteiger partial charge in [-0.05, 0) is 28.3 Å². The van der Waals surface area contributed by atoms with E-state index in [1.165, 1.54) is 27.8 Å². The normalized spacial score (nSPS) is 10.6. The monoisotopic (exact) mass is 321 g/mol. The molecule has 0 unspecified atom stereocenters. The van der Waals surface area contributed by atoms with Crippen LogP contribution in [0.15, 0.2) is 103 Å². The number of nitrogens with zero attached hydrogens (tertiary/aromatic N) is 1. The summed E-state index contributed by atoms with van der Waals surface area (Å²) in [6, 6.07) is 33.7. The van der Waals surface area contributed by atoms with Crippen LogP contribution in [0.3, 0.4) is 0 Å². The molecule has 4 aromatic rings. The summed E-state index contributed by atoms with van der Waals surface area (Å²) in [5, 5.41) is 0. The molecule has 120 valence electrons. The second-order valence-electron chi connectivity index (χ2n) is 6.12. The van der Waals surface area contributed by atoms with Crippen molar-refractivity contribution < 1.29 is 0 Å². The van der Waals surface area contributed by atoms with Gasteiger partial charge < -0.3 is 0 Å². The molecule has 0 aliphatic carbocycles. The average molecular weight is 321 g/mol. The van der Waals surface area contributed by atoms with E-state index < -0.39 is 0 Å². The number of hydrogen-bond acceptors (Lipinski definition) is 1. The zero-order valence-electron chi connectivity index (χ0n) is 14.0. The molecular formula is C24H19N. The summed E-state index contributed by atoms with van der Waals surface area (Å²) >= 11 is 0. The van der Waals surface area contributed by atoms with E-state index in [2.05, 4.69) is 84.9 Å². The Labute approximate surface area is 148 Å². The topological polar surface area (TPSA) is 12.9 Å². The molecule has 3 aromatic carbocycles. The minimum Gasteiger partial charge on any atom is -0.260 e. The zero-order chi connectivity index (χ0) is 16.9. The van der Waals surface area contributed by atoms with Crippen LogP contribution >= 0.6 is 0 Å². The molecule has 1 nitrogen and oxygen atoms in total. The molecule has 0 aliphatic rings. The predicted molar refractivity (Wildman–Crippen MR) is 104 cm³/mol. The Bertz CT molecular complexity index is 945. The number of pyridine rings is 1. The molecule has 0 fully saturated rings. The lowest BCUT2D eigenvalue weighted by Crippen LogP contribution is -1.95. The van der Waals surface area contributed by atoms with Crippen molar-refractivity contribution in [2.45, 2.75) is 6.42 Å². The van der Waals surface area contributed by atoms with Crippen LogP contribution in [0.5, 0.6) is 0 Å². The van der Waals surface area contributed by atoms with Gasteiger partial charge in [0, 0.05) is 23.9 Å². The molecule has 4 rings (SSSR count). The van der Waals surface area contributed by atoms with Crippen LogP contribution < -0.4 is 0 Å². The van der Waals surface area contributed by atoms with Gasteiger partial charge in [-0.2, -0.15) is 0 Å². The second-order valence-corrected chi connectivity index (χ2v) is 6.12. The fourth-order valence-corrected chi connectivity index (χ4v) is 3.10. The van der Waals surface area contributed by atoms with E-state index in [1.807, 2.05) is 18.3 Å². The van der Waals surface area contributed by atoms with Gasteiger partial charge >= 0.3 is 0 Å². The number of aromatic nitrogens is 1. The highest BCUT2D eigenvalue weighted by molar-refractivity contribution is 5.83.